The number of hydrogen-bond acceptors (Lipinski definition) is 5. The van der Waals surface area contributed by atoms with Gasteiger partial charge in [0.2, 0.25) is 5.09 Å². The number of nitrogens with zero attached hydrogens (tertiary/aromatic N) is 1. The van der Waals surface area contributed by atoms with E-state index in [9.17, 15) is 8.42 Å². The van der Waals surface area contributed by atoms with Gasteiger partial charge in [0, 0.05) is 20.2 Å². The fourth-order valence-electron chi connectivity index (χ4n) is 2.26. The highest BCUT2D eigenvalue weighted by molar-refractivity contribution is 7.89. The average molecular weight is 288 g/mol. The molecule has 1 aromatic heterocycles. The predicted molar refractivity (Wildman–Crippen MR) is 69.9 cm³/mol. The van der Waals surface area contributed by atoms with E-state index in [-0.39, 0.29) is 17.7 Å². The Kier molecular flexibility index (Phi) is 4.29. The van der Waals surface area contributed by atoms with Crippen LogP contribution in [-0.2, 0) is 21.3 Å². The van der Waals surface area contributed by atoms with E-state index in [1.807, 2.05) is 0 Å². The second-order valence-corrected chi connectivity index (χ2v) is 6.70. The Labute approximate surface area is 113 Å². The number of hydrogen-bond donors (Lipinski definition) is 1. The summed E-state index contributed by atoms with van der Waals surface area (Å²) in [5.74, 6) is 0.819. The first kappa shape index (κ1) is 14.5. The largest absolute Gasteiger partial charge is 0.447 e. The van der Waals surface area contributed by atoms with Crippen molar-refractivity contribution in [3.05, 3.63) is 17.9 Å². The summed E-state index contributed by atoms with van der Waals surface area (Å²) in [7, 11) is -1.98. The predicted octanol–water partition coefficient (Wildman–Crippen LogP) is 0.784. The number of rotatable bonds is 4. The Morgan fingerprint density at radius 3 is 2.84 bits per heavy atom. The fraction of sp³-hybridized carbons (Fsp3) is 0.667. The molecular formula is C12H20N2O4S. The van der Waals surface area contributed by atoms with Gasteiger partial charge in [-0.1, -0.05) is 6.92 Å². The monoisotopic (exact) mass is 288 g/mol. The van der Waals surface area contributed by atoms with Gasteiger partial charge in [-0.3, -0.25) is 0 Å². The summed E-state index contributed by atoms with van der Waals surface area (Å²) in [5.41, 5.74) is 5.42. The molecule has 7 heteroatoms. The first-order valence-corrected chi connectivity index (χ1v) is 7.74. The maximum absolute atomic E-state index is 12.4. The smallest absolute Gasteiger partial charge is 0.276 e. The highest BCUT2D eigenvalue weighted by Gasteiger charge is 2.35. The lowest BCUT2D eigenvalue weighted by Gasteiger charge is -2.34. The van der Waals surface area contributed by atoms with Crippen LogP contribution in [0.25, 0.3) is 0 Å². The molecule has 2 N–H and O–H groups in total. The van der Waals surface area contributed by atoms with Crippen LogP contribution < -0.4 is 5.73 Å². The molecule has 0 saturated carbocycles. The summed E-state index contributed by atoms with van der Waals surface area (Å²) < 4.78 is 36.8. The topological polar surface area (TPSA) is 85.8 Å². The minimum absolute atomic E-state index is 0.0441. The van der Waals surface area contributed by atoms with Gasteiger partial charge in [-0.2, -0.15) is 4.31 Å². The molecule has 2 heterocycles. The van der Waals surface area contributed by atoms with Crippen LogP contribution in [0, 0.1) is 5.92 Å². The van der Waals surface area contributed by atoms with Crippen molar-refractivity contribution >= 4 is 10.0 Å². The molecular weight excluding hydrogens is 268 g/mol. The number of furan rings is 1. The van der Waals surface area contributed by atoms with Crippen LogP contribution in [0.5, 0.6) is 0 Å². The van der Waals surface area contributed by atoms with Crippen molar-refractivity contribution in [3.63, 3.8) is 0 Å². The van der Waals surface area contributed by atoms with Crippen LogP contribution in [-0.4, -0.2) is 39.0 Å². The van der Waals surface area contributed by atoms with Crippen molar-refractivity contribution in [1.29, 1.82) is 0 Å². The van der Waals surface area contributed by atoms with E-state index in [1.165, 1.54) is 10.4 Å². The third-order valence-electron chi connectivity index (χ3n) is 3.59. The number of nitrogens with two attached hydrogens (primary N) is 1. The van der Waals surface area contributed by atoms with Gasteiger partial charge in [-0.15, -0.1) is 0 Å². The molecule has 1 fully saturated rings. The average Bonchev–Trinajstić information content (AvgIpc) is 2.88. The molecule has 1 aliphatic rings. The fourth-order valence-corrected chi connectivity index (χ4v) is 3.66. The molecule has 1 saturated heterocycles. The quantitative estimate of drug-likeness (QED) is 0.885. The standard InChI is InChI=1S/C12H20N2O4S/c1-9-5-6-14(8-11(9)17-2)19(15,16)12-4-3-10(7-13)18-12/h3-4,9,11H,5-8,13H2,1-2H3. The van der Waals surface area contributed by atoms with Gasteiger partial charge in [0.05, 0.1) is 12.6 Å². The molecule has 19 heavy (non-hydrogen) atoms. The normalized spacial score (nSPS) is 25.6. The molecule has 0 aliphatic carbocycles. The number of ether oxygens (including phenoxy) is 1. The molecule has 0 bridgehead atoms. The number of methoxy groups -OCH3 is 1. The van der Waals surface area contributed by atoms with E-state index in [0.29, 0.717) is 24.8 Å². The zero-order chi connectivity index (χ0) is 14.0. The van der Waals surface area contributed by atoms with Gasteiger partial charge in [0.25, 0.3) is 10.0 Å². The zero-order valence-corrected chi connectivity index (χ0v) is 12.0. The molecule has 1 aliphatic heterocycles. The van der Waals surface area contributed by atoms with Crippen LogP contribution in [0.1, 0.15) is 19.1 Å². The summed E-state index contributed by atoms with van der Waals surface area (Å²) >= 11 is 0. The van der Waals surface area contributed by atoms with Crippen molar-refractivity contribution < 1.29 is 17.6 Å². The summed E-state index contributed by atoms with van der Waals surface area (Å²) in [6.07, 6.45) is 0.704. The van der Waals surface area contributed by atoms with Crippen LogP contribution in [0.15, 0.2) is 21.6 Å². The van der Waals surface area contributed by atoms with Gasteiger partial charge in [0.1, 0.15) is 5.76 Å². The second kappa shape index (κ2) is 5.62. The second-order valence-electron chi connectivity index (χ2n) is 4.83. The molecule has 0 aromatic carbocycles. The van der Waals surface area contributed by atoms with E-state index < -0.39 is 10.0 Å². The van der Waals surface area contributed by atoms with Gasteiger partial charge >= 0.3 is 0 Å². The number of piperidine rings is 1. The number of sulfonamides is 1. The molecule has 0 spiro atoms. The third-order valence-corrected chi connectivity index (χ3v) is 5.33. The maximum atomic E-state index is 12.4. The van der Waals surface area contributed by atoms with Crippen molar-refractivity contribution in [2.24, 2.45) is 11.7 Å². The Morgan fingerprint density at radius 1 is 1.53 bits per heavy atom. The molecule has 2 atom stereocenters. The first-order valence-electron chi connectivity index (χ1n) is 6.30. The minimum atomic E-state index is -3.59. The summed E-state index contributed by atoms with van der Waals surface area (Å²) in [6.45, 7) is 3.10. The third kappa shape index (κ3) is 2.84. The van der Waals surface area contributed by atoms with Crippen LogP contribution in [0.4, 0.5) is 0 Å². The minimum Gasteiger partial charge on any atom is -0.447 e. The Morgan fingerprint density at radius 2 is 2.26 bits per heavy atom. The lowest BCUT2D eigenvalue weighted by molar-refractivity contribution is 0.0180. The lowest BCUT2D eigenvalue weighted by Crippen LogP contribution is -2.46. The van der Waals surface area contributed by atoms with Gasteiger partial charge in [-0.25, -0.2) is 8.42 Å². The summed E-state index contributed by atoms with van der Waals surface area (Å²) in [6, 6.07) is 3.05. The van der Waals surface area contributed by atoms with Crippen LogP contribution >= 0.6 is 0 Å². The molecule has 108 valence electrons. The van der Waals surface area contributed by atoms with Crippen LogP contribution in [0.2, 0.25) is 0 Å². The lowest BCUT2D eigenvalue weighted by atomic mass is 9.97. The van der Waals surface area contributed by atoms with E-state index in [1.54, 1.807) is 13.2 Å². The molecule has 0 amide bonds. The van der Waals surface area contributed by atoms with Crippen LogP contribution in [0.3, 0.4) is 0 Å². The molecule has 2 rings (SSSR count). The Bertz CT molecular complexity index is 526. The first-order chi connectivity index (χ1) is 8.98. The Hall–Kier alpha value is -0.890. The highest BCUT2D eigenvalue weighted by atomic mass is 32.2. The van der Waals surface area contributed by atoms with Crippen molar-refractivity contribution in [2.45, 2.75) is 31.1 Å². The molecule has 0 radical (unpaired) electrons. The van der Waals surface area contributed by atoms with E-state index in [4.69, 9.17) is 14.9 Å². The van der Waals surface area contributed by atoms with Gasteiger partial charge < -0.3 is 14.9 Å². The summed E-state index contributed by atoms with van der Waals surface area (Å²) in [5, 5.41) is -0.0441. The van der Waals surface area contributed by atoms with E-state index >= 15 is 0 Å². The summed E-state index contributed by atoms with van der Waals surface area (Å²) in [4.78, 5) is 0. The zero-order valence-electron chi connectivity index (χ0n) is 11.2. The van der Waals surface area contributed by atoms with Gasteiger partial charge in [-0.05, 0) is 24.5 Å². The molecule has 2 unspecified atom stereocenters. The SMILES string of the molecule is COC1CN(S(=O)(=O)c2ccc(CN)o2)CCC1C. The van der Waals surface area contributed by atoms with Crippen molar-refractivity contribution in [3.8, 4) is 0 Å². The highest BCUT2D eigenvalue weighted by Crippen LogP contribution is 2.26. The molecule has 1 aromatic rings. The van der Waals surface area contributed by atoms with E-state index in [0.717, 1.165) is 6.42 Å². The Balaban J connectivity index is 2.20. The maximum Gasteiger partial charge on any atom is 0.276 e. The molecule has 6 nitrogen and oxygen atoms in total. The van der Waals surface area contributed by atoms with E-state index in [2.05, 4.69) is 6.92 Å². The van der Waals surface area contributed by atoms with Crippen molar-refractivity contribution in [1.82, 2.24) is 4.31 Å². The van der Waals surface area contributed by atoms with Gasteiger partial charge in [0.15, 0.2) is 0 Å². The van der Waals surface area contributed by atoms with Crippen molar-refractivity contribution in [2.75, 3.05) is 20.2 Å².